The Hall–Kier alpha value is -2.48. The smallest absolute Gasteiger partial charge is 0.258 e. The first-order valence-corrected chi connectivity index (χ1v) is 10.9. The maximum Gasteiger partial charge on any atom is 0.258 e. The molecule has 4 rings (SSSR count). The van der Waals surface area contributed by atoms with Gasteiger partial charge in [-0.25, -0.2) is 9.37 Å². The molecule has 0 bridgehead atoms. The third-order valence-corrected chi connectivity index (χ3v) is 5.97. The van der Waals surface area contributed by atoms with Crippen LogP contribution in [0.25, 0.3) is 5.69 Å². The molecule has 2 heterocycles. The van der Waals surface area contributed by atoms with E-state index in [9.17, 15) is 9.18 Å². The van der Waals surface area contributed by atoms with Gasteiger partial charge in [0.25, 0.3) is 5.56 Å². The SMILES string of the molecule is Cc1cc(=O)n(-c2ccccc2)c(SCCCC2(c3ccc(F)cc3)OCCO2)n1. The van der Waals surface area contributed by atoms with E-state index in [0.717, 1.165) is 23.4 Å². The maximum atomic E-state index is 13.3. The van der Waals surface area contributed by atoms with Crippen molar-refractivity contribution in [1.29, 1.82) is 0 Å². The second kappa shape index (κ2) is 9.12. The zero-order valence-electron chi connectivity index (χ0n) is 16.7. The standard InChI is InChI=1S/C23H23FN2O3S/c1-17-16-21(27)26(20-6-3-2-4-7-20)22(25-17)30-15-5-12-23(28-13-14-29-23)18-8-10-19(24)11-9-18/h2-4,6-11,16H,5,12-15H2,1H3. The van der Waals surface area contributed by atoms with E-state index in [1.54, 1.807) is 22.8 Å². The normalized spacial score (nSPS) is 15.4. The Kier molecular flexibility index (Phi) is 6.32. The number of rotatable bonds is 7. The summed E-state index contributed by atoms with van der Waals surface area (Å²) in [5.74, 6) is -0.391. The number of benzene rings is 2. The number of aryl methyl sites for hydroxylation is 1. The molecular formula is C23H23FN2O3S. The predicted octanol–water partition coefficient (Wildman–Crippen LogP) is 4.45. The van der Waals surface area contributed by atoms with Crippen LogP contribution in [0.4, 0.5) is 4.39 Å². The quantitative estimate of drug-likeness (QED) is 0.317. The van der Waals surface area contributed by atoms with Gasteiger partial charge in [-0.15, -0.1) is 0 Å². The fourth-order valence-corrected chi connectivity index (χ4v) is 4.57. The molecule has 1 aromatic heterocycles. The van der Waals surface area contributed by atoms with Crippen molar-refractivity contribution in [2.24, 2.45) is 0 Å². The molecule has 0 atom stereocenters. The number of nitrogens with zero attached hydrogens (tertiary/aromatic N) is 2. The van der Waals surface area contributed by atoms with E-state index in [1.165, 1.54) is 23.9 Å². The molecule has 1 saturated heterocycles. The Morgan fingerprint density at radius 1 is 1.10 bits per heavy atom. The summed E-state index contributed by atoms with van der Waals surface area (Å²) in [7, 11) is 0. The zero-order valence-corrected chi connectivity index (χ0v) is 17.5. The fourth-order valence-electron chi connectivity index (χ4n) is 3.56. The summed E-state index contributed by atoms with van der Waals surface area (Å²) in [6.45, 7) is 2.85. The Morgan fingerprint density at radius 3 is 2.50 bits per heavy atom. The van der Waals surface area contributed by atoms with Crippen LogP contribution in [-0.4, -0.2) is 28.5 Å². The molecule has 1 aliphatic heterocycles. The van der Waals surface area contributed by atoms with Gasteiger partial charge < -0.3 is 9.47 Å². The molecule has 0 amide bonds. The molecular weight excluding hydrogens is 403 g/mol. The molecule has 0 unspecified atom stereocenters. The number of aromatic nitrogens is 2. The van der Waals surface area contributed by atoms with Crippen LogP contribution < -0.4 is 5.56 Å². The summed E-state index contributed by atoms with van der Waals surface area (Å²) in [5, 5.41) is 0.662. The third-order valence-electron chi connectivity index (χ3n) is 4.95. The molecule has 0 spiro atoms. The van der Waals surface area contributed by atoms with Crippen LogP contribution in [-0.2, 0) is 15.3 Å². The minimum absolute atomic E-state index is 0.0959. The van der Waals surface area contributed by atoms with Crippen molar-refractivity contribution < 1.29 is 13.9 Å². The molecule has 1 aliphatic rings. The highest BCUT2D eigenvalue weighted by Gasteiger charge is 2.38. The van der Waals surface area contributed by atoms with Crippen molar-refractivity contribution in [1.82, 2.24) is 9.55 Å². The highest BCUT2D eigenvalue weighted by atomic mass is 32.2. The molecule has 3 aromatic rings. The summed E-state index contributed by atoms with van der Waals surface area (Å²) in [6.07, 6.45) is 1.41. The molecule has 7 heteroatoms. The molecule has 0 saturated carbocycles. The molecule has 0 aliphatic carbocycles. The first-order chi connectivity index (χ1) is 14.6. The van der Waals surface area contributed by atoms with Crippen molar-refractivity contribution >= 4 is 11.8 Å². The molecule has 0 N–H and O–H groups in total. The number of hydrogen-bond acceptors (Lipinski definition) is 5. The van der Waals surface area contributed by atoms with Gasteiger partial charge in [-0.3, -0.25) is 9.36 Å². The number of para-hydroxylation sites is 1. The van der Waals surface area contributed by atoms with Crippen LogP contribution in [0.3, 0.4) is 0 Å². The van der Waals surface area contributed by atoms with Gasteiger partial charge in [-0.05, 0) is 37.6 Å². The Labute approximate surface area is 178 Å². The zero-order chi connectivity index (χ0) is 21.0. The van der Waals surface area contributed by atoms with E-state index in [1.807, 2.05) is 37.3 Å². The lowest BCUT2D eigenvalue weighted by atomic mass is 10.0. The summed E-state index contributed by atoms with van der Waals surface area (Å²) in [6, 6.07) is 17.3. The lowest BCUT2D eigenvalue weighted by Crippen LogP contribution is -2.27. The molecule has 1 fully saturated rings. The predicted molar refractivity (Wildman–Crippen MR) is 115 cm³/mol. The number of ether oxygens (including phenoxy) is 2. The van der Waals surface area contributed by atoms with E-state index in [4.69, 9.17) is 9.47 Å². The molecule has 0 radical (unpaired) electrons. The number of thioether (sulfide) groups is 1. The van der Waals surface area contributed by atoms with Crippen LogP contribution >= 0.6 is 11.8 Å². The van der Waals surface area contributed by atoms with Crippen LogP contribution in [0.5, 0.6) is 0 Å². The highest BCUT2D eigenvalue weighted by Crippen LogP contribution is 2.36. The molecule has 30 heavy (non-hydrogen) atoms. The van der Waals surface area contributed by atoms with E-state index in [0.29, 0.717) is 30.5 Å². The van der Waals surface area contributed by atoms with Crippen molar-refractivity contribution in [3.05, 3.63) is 88.1 Å². The minimum Gasteiger partial charge on any atom is -0.343 e. The second-order valence-corrected chi connectivity index (χ2v) is 8.16. The van der Waals surface area contributed by atoms with Crippen LogP contribution in [0.2, 0.25) is 0 Å². The third kappa shape index (κ3) is 4.48. The Balaban J connectivity index is 1.48. The summed E-state index contributed by atoms with van der Waals surface area (Å²) < 4.78 is 26.8. The highest BCUT2D eigenvalue weighted by molar-refractivity contribution is 7.99. The Bertz CT molecular complexity index is 1050. The molecule has 5 nitrogen and oxygen atoms in total. The van der Waals surface area contributed by atoms with Crippen LogP contribution in [0.15, 0.2) is 70.6 Å². The van der Waals surface area contributed by atoms with Crippen molar-refractivity contribution in [2.45, 2.75) is 30.7 Å². The van der Waals surface area contributed by atoms with Crippen LogP contribution in [0.1, 0.15) is 24.1 Å². The maximum absolute atomic E-state index is 13.3. The van der Waals surface area contributed by atoms with Gasteiger partial charge in [0.05, 0.1) is 18.9 Å². The fraction of sp³-hybridized carbons (Fsp3) is 0.304. The van der Waals surface area contributed by atoms with Gasteiger partial charge >= 0.3 is 0 Å². The van der Waals surface area contributed by atoms with E-state index >= 15 is 0 Å². The Morgan fingerprint density at radius 2 is 1.80 bits per heavy atom. The summed E-state index contributed by atoms with van der Waals surface area (Å²) in [4.78, 5) is 17.2. The molecule has 2 aromatic carbocycles. The van der Waals surface area contributed by atoms with Gasteiger partial charge in [0.1, 0.15) is 5.82 Å². The van der Waals surface area contributed by atoms with Crippen molar-refractivity contribution in [3.63, 3.8) is 0 Å². The minimum atomic E-state index is -0.840. The van der Waals surface area contributed by atoms with Gasteiger partial charge in [-0.2, -0.15) is 0 Å². The number of halogens is 1. The largest absolute Gasteiger partial charge is 0.343 e. The molecule has 156 valence electrons. The van der Waals surface area contributed by atoms with Crippen molar-refractivity contribution in [3.8, 4) is 5.69 Å². The summed E-state index contributed by atoms with van der Waals surface area (Å²) >= 11 is 1.53. The van der Waals surface area contributed by atoms with Crippen LogP contribution in [0, 0.1) is 12.7 Å². The van der Waals surface area contributed by atoms with Gasteiger partial charge in [0.15, 0.2) is 10.9 Å². The average Bonchev–Trinajstić information content (AvgIpc) is 3.22. The lowest BCUT2D eigenvalue weighted by molar-refractivity contribution is -0.170. The van der Waals surface area contributed by atoms with E-state index in [2.05, 4.69) is 4.98 Å². The topological polar surface area (TPSA) is 53.4 Å². The summed E-state index contributed by atoms with van der Waals surface area (Å²) in [5.41, 5.74) is 2.21. The van der Waals surface area contributed by atoms with Gasteiger partial charge in [0.2, 0.25) is 0 Å². The monoisotopic (exact) mass is 426 g/mol. The second-order valence-electron chi connectivity index (χ2n) is 7.10. The van der Waals surface area contributed by atoms with Gasteiger partial charge in [-0.1, -0.05) is 42.1 Å². The lowest BCUT2D eigenvalue weighted by Gasteiger charge is -2.28. The first-order valence-electron chi connectivity index (χ1n) is 9.90. The number of hydrogen-bond donors (Lipinski definition) is 0. The van der Waals surface area contributed by atoms with E-state index < -0.39 is 5.79 Å². The first kappa shape index (κ1) is 20.8. The van der Waals surface area contributed by atoms with E-state index in [-0.39, 0.29) is 11.4 Å². The average molecular weight is 427 g/mol. The van der Waals surface area contributed by atoms with Crippen molar-refractivity contribution in [2.75, 3.05) is 19.0 Å². The van der Waals surface area contributed by atoms with Gasteiger partial charge in [0, 0.05) is 29.5 Å².